The third kappa shape index (κ3) is 2.33. The van der Waals surface area contributed by atoms with Gasteiger partial charge in [-0.1, -0.05) is 12.1 Å². The average molecular weight is 303 g/mol. The lowest BCUT2D eigenvalue weighted by Gasteiger charge is -2.03. The van der Waals surface area contributed by atoms with Gasteiger partial charge in [0.25, 0.3) is 0 Å². The highest BCUT2D eigenvalue weighted by molar-refractivity contribution is 7.17. The van der Waals surface area contributed by atoms with Crippen molar-refractivity contribution in [2.75, 3.05) is 0 Å². The van der Waals surface area contributed by atoms with Gasteiger partial charge in [0.05, 0.1) is 5.69 Å². The third-order valence-electron chi connectivity index (χ3n) is 3.80. The van der Waals surface area contributed by atoms with E-state index >= 15 is 0 Å². The molecule has 2 atom stereocenters. The first-order valence-electron chi connectivity index (χ1n) is 6.50. The smallest absolute Gasteiger partial charge is 0.0702 e. The quantitative estimate of drug-likeness (QED) is 0.770. The van der Waals surface area contributed by atoms with Gasteiger partial charge in [0.15, 0.2) is 0 Å². The number of hydrogen-bond donors (Lipinski definition) is 1. The van der Waals surface area contributed by atoms with Crippen LogP contribution in [0.5, 0.6) is 0 Å². The topological polar surface area (TPSA) is 38.9 Å². The largest absolute Gasteiger partial charge is 0.327 e. The third-order valence-corrected chi connectivity index (χ3v) is 4.70. The minimum absolute atomic E-state index is 0. The Labute approximate surface area is 128 Å². The average Bonchev–Trinajstić information content (AvgIpc) is 3.00. The Kier molecular flexibility index (Phi) is 3.50. The summed E-state index contributed by atoms with van der Waals surface area (Å²) in [6.07, 6.45) is 3.08. The lowest BCUT2D eigenvalue weighted by atomic mass is 10.1. The lowest BCUT2D eigenvalue weighted by molar-refractivity contribution is 0.981. The fourth-order valence-corrected chi connectivity index (χ4v) is 3.29. The fraction of sp³-hybridized carbons (Fsp3) is 0.188. The SMILES string of the molecule is Cl.N[C@@H]1C[C@H]1c1ccc(-c2ccc3sccc3c2)nc1. The Morgan fingerprint density at radius 3 is 2.70 bits per heavy atom. The molecule has 102 valence electrons. The number of halogens is 1. The number of rotatable bonds is 2. The molecular weight excluding hydrogens is 288 g/mol. The van der Waals surface area contributed by atoms with Gasteiger partial charge >= 0.3 is 0 Å². The molecule has 1 aromatic carbocycles. The molecule has 0 bridgehead atoms. The van der Waals surface area contributed by atoms with E-state index in [0.29, 0.717) is 12.0 Å². The highest BCUT2D eigenvalue weighted by atomic mass is 35.5. The first-order valence-corrected chi connectivity index (χ1v) is 7.38. The van der Waals surface area contributed by atoms with E-state index < -0.39 is 0 Å². The van der Waals surface area contributed by atoms with Gasteiger partial charge < -0.3 is 5.73 Å². The van der Waals surface area contributed by atoms with E-state index in [2.05, 4.69) is 46.8 Å². The summed E-state index contributed by atoms with van der Waals surface area (Å²) in [5, 5.41) is 3.41. The molecule has 4 heteroatoms. The van der Waals surface area contributed by atoms with Crippen LogP contribution in [0.1, 0.15) is 17.9 Å². The second-order valence-corrected chi connectivity index (χ2v) is 6.10. The van der Waals surface area contributed by atoms with Crippen molar-refractivity contribution >= 4 is 33.8 Å². The molecular formula is C16H15ClN2S. The normalized spacial score (nSPS) is 20.6. The van der Waals surface area contributed by atoms with Crippen LogP contribution in [0, 0.1) is 0 Å². The zero-order valence-electron chi connectivity index (χ0n) is 10.8. The maximum absolute atomic E-state index is 5.87. The number of thiophene rings is 1. The number of nitrogens with two attached hydrogens (primary N) is 1. The Morgan fingerprint density at radius 1 is 1.15 bits per heavy atom. The number of fused-ring (bicyclic) bond motifs is 1. The van der Waals surface area contributed by atoms with Gasteiger partial charge in [0.2, 0.25) is 0 Å². The van der Waals surface area contributed by atoms with E-state index in [4.69, 9.17) is 5.73 Å². The van der Waals surface area contributed by atoms with Crippen LogP contribution in [0.3, 0.4) is 0 Å². The summed E-state index contributed by atoms with van der Waals surface area (Å²) in [7, 11) is 0. The molecule has 2 aromatic heterocycles. The number of hydrogen-bond acceptors (Lipinski definition) is 3. The van der Waals surface area contributed by atoms with Crippen molar-refractivity contribution in [1.29, 1.82) is 0 Å². The van der Waals surface area contributed by atoms with Crippen molar-refractivity contribution < 1.29 is 0 Å². The van der Waals surface area contributed by atoms with Crippen LogP contribution in [0.25, 0.3) is 21.3 Å². The summed E-state index contributed by atoms with van der Waals surface area (Å²) in [6.45, 7) is 0. The molecule has 0 unspecified atom stereocenters. The van der Waals surface area contributed by atoms with Crippen molar-refractivity contribution in [2.24, 2.45) is 5.73 Å². The highest BCUT2D eigenvalue weighted by Crippen LogP contribution is 2.39. The molecule has 20 heavy (non-hydrogen) atoms. The van der Waals surface area contributed by atoms with Gasteiger partial charge in [0, 0.05) is 28.4 Å². The predicted octanol–water partition coefficient (Wildman–Crippen LogP) is 4.20. The summed E-state index contributed by atoms with van der Waals surface area (Å²) in [6, 6.07) is 13.3. The highest BCUT2D eigenvalue weighted by Gasteiger charge is 2.34. The van der Waals surface area contributed by atoms with Crippen molar-refractivity contribution in [2.45, 2.75) is 18.4 Å². The first kappa shape index (κ1) is 13.6. The maximum Gasteiger partial charge on any atom is 0.0702 e. The molecule has 1 saturated carbocycles. The van der Waals surface area contributed by atoms with Crippen molar-refractivity contribution in [3.63, 3.8) is 0 Å². The van der Waals surface area contributed by atoms with E-state index in [0.717, 1.165) is 12.1 Å². The van der Waals surface area contributed by atoms with Crippen LogP contribution in [0.15, 0.2) is 48.0 Å². The van der Waals surface area contributed by atoms with E-state index in [1.54, 1.807) is 11.3 Å². The molecule has 1 fully saturated rings. The molecule has 2 heterocycles. The second kappa shape index (κ2) is 5.17. The van der Waals surface area contributed by atoms with Crippen LogP contribution < -0.4 is 5.73 Å². The van der Waals surface area contributed by atoms with Crippen molar-refractivity contribution in [3.05, 3.63) is 53.5 Å². The van der Waals surface area contributed by atoms with Crippen molar-refractivity contribution in [3.8, 4) is 11.3 Å². The zero-order chi connectivity index (χ0) is 12.8. The minimum Gasteiger partial charge on any atom is -0.327 e. The van der Waals surface area contributed by atoms with Crippen molar-refractivity contribution in [1.82, 2.24) is 4.98 Å². The van der Waals surface area contributed by atoms with Gasteiger partial charge in [0.1, 0.15) is 0 Å². The summed E-state index contributed by atoms with van der Waals surface area (Å²) in [5.74, 6) is 0.529. The molecule has 0 saturated heterocycles. The molecule has 1 aliphatic rings. The number of benzene rings is 1. The number of aromatic nitrogens is 1. The minimum atomic E-state index is 0. The summed E-state index contributed by atoms with van der Waals surface area (Å²) >= 11 is 1.77. The molecule has 2 nitrogen and oxygen atoms in total. The molecule has 0 aliphatic heterocycles. The van der Waals surface area contributed by atoms with E-state index in [9.17, 15) is 0 Å². The molecule has 4 rings (SSSR count). The van der Waals surface area contributed by atoms with Gasteiger partial charge in [-0.05, 0) is 47.0 Å². The van der Waals surface area contributed by atoms with Crippen LogP contribution in [0.4, 0.5) is 0 Å². The van der Waals surface area contributed by atoms with Gasteiger partial charge in [-0.15, -0.1) is 23.7 Å². The van der Waals surface area contributed by atoms with Crippen LogP contribution >= 0.6 is 23.7 Å². The molecule has 0 amide bonds. The van der Waals surface area contributed by atoms with Gasteiger partial charge in [-0.25, -0.2) is 0 Å². The zero-order valence-corrected chi connectivity index (χ0v) is 12.5. The van der Waals surface area contributed by atoms with Crippen LogP contribution in [-0.2, 0) is 0 Å². The van der Waals surface area contributed by atoms with Crippen LogP contribution in [-0.4, -0.2) is 11.0 Å². The van der Waals surface area contributed by atoms with E-state index in [-0.39, 0.29) is 12.4 Å². The standard InChI is InChI=1S/C16H14N2S.ClH/c17-14-8-13(14)12-1-3-15(18-9-12)10-2-4-16-11(7-10)5-6-19-16;/h1-7,9,13-14H,8,17H2;1H/t13-,14+;/m0./s1. The monoisotopic (exact) mass is 302 g/mol. The molecule has 0 spiro atoms. The van der Waals surface area contributed by atoms with Gasteiger partial charge in [-0.3, -0.25) is 4.98 Å². The number of nitrogens with zero attached hydrogens (tertiary/aromatic N) is 1. The fourth-order valence-electron chi connectivity index (χ4n) is 2.52. The lowest BCUT2D eigenvalue weighted by Crippen LogP contribution is -2.01. The number of pyridine rings is 1. The molecule has 1 aliphatic carbocycles. The summed E-state index contributed by atoms with van der Waals surface area (Å²) in [5.41, 5.74) is 9.35. The Hall–Kier alpha value is -1.42. The Balaban J connectivity index is 0.00000121. The molecule has 2 N–H and O–H groups in total. The van der Waals surface area contributed by atoms with Crippen LogP contribution in [0.2, 0.25) is 0 Å². The van der Waals surface area contributed by atoms with E-state index in [1.165, 1.54) is 21.2 Å². The Bertz CT molecular complexity index is 736. The maximum atomic E-state index is 5.87. The first-order chi connectivity index (χ1) is 9.31. The predicted molar refractivity (Wildman–Crippen MR) is 87.6 cm³/mol. The second-order valence-electron chi connectivity index (χ2n) is 5.16. The summed E-state index contributed by atoms with van der Waals surface area (Å²) in [4.78, 5) is 4.58. The van der Waals surface area contributed by atoms with Gasteiger partial charge in [-0.2, -0.15) is 0 Å². The molecule has 3 aromatic rings. The molecule has 0 radical (unpaired) electrons. The summed E-state index contributed by atoms with van der Waals surface area (Å²) < 4.78 is 1.32. The Morgan fingerprint density at radius 2 is 2.00 bits per heavy atom. The van der Waals surface area contributed by atoms with E-state index in [1.807, 2.05) is 6.20 Å².